The van der Waals surface area contributed by atoms with E-state index in [0.717, 1.165) is 0 Å². The molecule has 1 aromatic carbocycles. The van der Waals surface area contributed by atoms with Gasteiger partial charge in [0.25, 0.3) is 0 Å². The molecule has 0 atom stereocenters. The van der Waals surface area contributed by atoms with Crippen molar-refractivity contribution in [3.05, 3.63) is 29.3 Å². The third-order valence-electron chi connectivity index (χ3n) is 1.79. The third-order valence-corrected chi connectivity index (χ3v) is 1.79. The van der Waals surface area contributed by atoms with Crippen LogP contribution in [0.1, 0.15) is 15.9 Å². The number of carbonyl (C=O) groups is 1. The molecule has 0 fully saturated rings. The molecule has 0 radical (unpaired) electrons. The van der Waals surface area contributed by atoms with Gasteiger partial charge in [-0.2, -0.15) is 8.78 Å². The fraction of sp³-hybridized carbons (Fsp3) is 0.222. The summed E-state index contributed by atoms with van der Waals surface area (Å²) >= 11 is 0. The summed E-state index contributed by atoms with van der Waals surface area (Å²) in [5, 5.41) is 0. The number of hydrogen-bond donors (Lipinski definition) is 1. The van der Waals surface area contributed by atoms with E-state index in [9.17, 15) is 13.6 Å². The smallest absolute Gasteiger partial charge is 0.389 e. The summed E-state index contributed by atoms with van der Waals surface area (Å²) in [5.41, 5.74) is 6.37. The van der Waals surface area contributed by atoms with Gasteiger partial charge in [-0.05, 0) is 24.6 Å². The van der Waals surface area contributed by atoms with Gasteiger partial charge in [0.1, 0.15) is 0 Å². The molecule has 0 aliphatic rings. The van der Waals surface area contributed by atoms with E-state index in [4.69, 9.17) is 5.73 Å². The monoisotopic (exact) mass is 201 g/mol. The molecule has 0 heterocycles. The molecule has 0 saturated heterocycles. The molecule has 1 aromatic rings. The first-order valence-electron chi connectivity index (χ1n) is 3.86. The lowest BCUT2D eigenvalue weighted by molar-refractivity contribution is -0.0906. The van der Waals surface area contributed by atoms with Crippen molar-refractivity contribution < 1.29 is 18.3 Å². The van der Waals surface area contributed by atoms with Crippen molar-refractivity contribution in [2.45, 2.75) is 13.5 Å². The highest BCUT2D eigenvalue weighted by molar-refractivity contribution is 5.92. The normalized spacial score (nSPS) is 10.3. The standard InChI is InChI=1S/C9H9F2NO2/c1-5-6(3-2-4-7(5)12)8(13)14-9(10)11/h2-4,9H,12H2,1H3. The molecule has 0 unspecified atom stereocenters. The van der Waals surface area contributed by atoms with Gasteiger partial charge in [0.2, 0.25) is 0 Å². The van der Waals surface area contributed by atoms with Crippen LogP contribution in [0.3, 0.4) is 0 Å². The summed E-state index contributed by atoms with van der Waals surface area (Å²) in [6.07, 6.45) is 0. The maximum absolute atomic E-state index is 11.7. The Balaban J connectivity index is 2.96. The van der Waals surface area contributed by atoms with Crippen molar-refractivity contribution >= 4 is 11.7 Å². The van der Waals surface area contributed by atoms with E-state index < -0.39 is 12.6 Å². The van der Waals surface area contributed by atoms with Crippen LogP contribution >= 0.6 is 0 Å². The minimum absolute atomic E-state index is 0.0605. The van der Waals surface area contributed by atoms with Crippen LogP contribution in [0.2, 0.25) is 0 Å². The van der Waals surface area contributed by atoms with Crippen LogP contribution in [-0.2, 0) is 4.74 Å². The Hall–Kier alpha value is -1.65. The first-order chi connectivity index (χ1) is 6.52. The molecule has 0 aromatic heterocycles. The zero-order valence-corrected chi connectivity index (χ0v) is 7.46. The van der Waals surface area contributed by atoms with Crippen molar-refractivity contribution in [2.75, 3.05) is 5.73 Å². The number of rotatable bonds is 2. The van der Waals surface area contributed by atoms with Crippen LogP contribution in [0.15, 0.2) is 18.2 Å². The topological polar surface area (TPSA) is 52.3 Å². The molecule has 3 nitrogen and oxygen atoms in total. The van der Waals surface area contributed by atoms with E-state index in [0.29, 0.717) is 11.3 Å². The molecule has 0 aliphatic carbocycles. The number of nitrogen functional groups attached to an aromatic ring is 1. The first kappa shape index (κ1) is 10.4. The van der Waals surface area contributed by atoms with Crippen LogP contribution in [0, 0.1) is 6.92 Å². The molecular formula is C9H9F2NO2. The van der Waals surface area contributed by atoms with E-state index in [2.05, 4.69) is 4.74 Å². The number of hydrogen-bond acceptors (Lipinski definition) is 3. The van der Waals surface area contributed by atoms with Gasteiger partial charge in [0, 0.05) is 5.69 Å². The number of halogens is 2. The fourth-order valence-corrected chi connectivity index (χ4v) is 1.02. The van der Waals surface area contributed by atoms with E-state index in [-0.39, 0.29) is 5.56 Å². The fourth-order valence-electron chi connectivity index (χ4n) is 1.02. The predicted molar refractivity (Wildman–Crippen MR) is 47.0 cm³/mol. The lowest BCUT2D eigenvalue weighted by Crippen LogP contribution is -2.11. The van der Waals surface area contributed by atoms with E-state index in [1.807, 2.05) is 0 Å². The first-order valence-corrected chi connectivity index (χ1v) is 3.86. The summed E-state index contributed by atoms with van der Waals surface area (Å²) in [7, 11) is 0. The summed E-state index contributed by atoms with van der Waals surface area (Å²) < 4.78 is 27.2. The van der Waals surface area contributed by atoms with Crippen LogP contribution in [0.5, 0.6) is 0 Å². The van der Waals surface area contributed by atoms with Gasteiger partial charge in [-0.15, -0.1) is 0 Å². The van der Waals surface area contributed by atoms with E-state index >= 15 is 0 Å². The number of nitrogens with two attached hydrogens (primary N) is 1. The quantitative estimate of drug-likeness (QED) is 0.587. The van der Waals surface area contributed by atoms with Crippen LogP contribution in [-0.4, -0.2) is 12.6 Å². The third kappa shape index (κ3) is 2.18. The molecule has 76 valence electrons. The Bertz CT molecular complexity index is 353. The van der Waals surface area contributed by atoms with Crippen molar-refractivity contribution in [2.24, 2.45) is 0 Å². The minimum atomic E-state index is -3.11. The number of esters is 1. The van der Waals surface area contributed by atoms with Gasteiger partial charge in [0.05, 0.1) is 5.56 Å². The maximum atomic E-state index is 11.7. The zero-order valence-electron chi connectivity index (χ0n) is 7.46. The number of benzene rings is 1. The van der Waals surface area contributed by atoms with Crippen molar-refractivity contribution in [3.63, 3.8) is 0 Å². The van der Waals surface area contributed by atoms with Crippen molar-refractivity contribution in [3.8, 4) is 0 Å². The molecular weight excluding hydrogens is 192 g/mol. The lowest BCUT2D eigenvalue weighted by Gasteiger charge is -2.07. The number of anilines is 1. The average Bonchev–Trinajstić information content (AvgIpc) is 2.08. The molecule has 0 amide bonds. The Morgan fingerprint density at radius 2 is 2.14 bits per heavy atom. The van der Waals surface area contributed by atoms with Gasteiger partial charge >= 0.3 is 12.6 Å². The predicted octanol–water partition coefficient (Wildman–Crippen LogP) is 1.96. The molecule has 2 N–H and O–H groups in total. The van der Waals surface area contributed by atoms with Gasteiger partial charge in [-0.3, -0.25) is 0 Å². The lowest BCUT2D eigenvalue weighted by atomic mass is 10.1. The molecule has 0 aliphatic heterocycles. The van der Waals surface area contributed by atoms with Crippen LogP contribution in [0.25, 0.3) is 0 Å². The molecule has 1 rings (SSSR count). The van der Waals surface area contributed by atoms with Crippen molar-refractivity contribution in [1.29, 1.82) is 0 Å². The summed E-state index contributed by atoms with van der Waals surface area (Å²) in [4.78, 5) is 11.1. The van der Waals surface area contributed by atoms with Crippen LogP contribution < -0.4 is 5.73 Å². The second-order valence-electron chi connectivity index (χ2n) is 2.69. The second kappa shape index (κ2) is 4.04. The highest BCUT2D eigenvalue weighted by Gasteiger charge is 2.15. The van der Waals surface area contributed by atoms with Gasteiger partial charge in [-0.25, -0.2) is 4.79 Å². The highest BCUT2D eigenvalue weighted by atomic mass is 19.3. The average molecular weight is 201 g/mol. The van der Waals surface area contributed by atoms with Gasteiger partial charge in [0.15, 0.2) is 0 Å². The number of carbonyl (C=O) groups excluding carboxylic acids is 1. The molecule has 5 heteroatoms. The Kier molecular flexibility index (Phi) is 3.01. The number of alkyl halides is 2. The van der Waals surface area contributed by atoms with Gasteiger partial charge < -0.3 is 10.5 Å². The van der Waals surface area contributed by atoms with Crippen molar-refractivity contribution in [1.82, 2.24) is 0 Å². The van der Waals surface area contributed by atoms with E-state index in [1.54, 1.807) is 13.0 Å². The largest absolute Gasteiger partial charge is 0.399 e. The van der Waals surface area contributed by atoms with Gasteiger partial charge in [-0.1, -0.05) is 6.07 Å². The Labute approximate surface area is 79.5 Å². The Morgan fingerprint density at radius 1 is 1.50 bits per heavy atom. The summed E-state index contributed by atoms with van der Waals surface area (Å²) in [5.74, 6) is -1.07. The van der Waals surface area contributed by atoms with E-state index in [1.165, 1.54) is 12.1 Å². The highest BCUT2D eigenvalue weighted by Crippen LogP contribution is 2.17. The molecule has 0 bridgehead atoms. The molecule has 0 spiro atoms. The number of ether oxygens (including phenoxy) is 1. The molecule has 14 heavy (non-hydrogen) atoms. The zero-order chi connectivity index (χ0) is 10.7. The maximum Gasteiger partial charge on any atom is 0.389 e. The van der Waals surface area contributed by atoms with Crippen LogP contribution in [0.4, 0.5) is 14.5 Å². The molecule has 0 saturated carbocycles. The SMILES string of the molecule is Cc1c(N)cccc1C(=O)OC(F)F. The summed E-state index contributed by atoms with van der Waals surface area (Å²) in [6.45, 7) is -1.54. The second-order valence-corrected chi connectivity index (χ2v) is 2.69. The minimum Gasteiger partial charge on any atom is -0.399 e. The Morgan fingerprint density at radius 3 is 2.71 bits per heavy atom. The summed E-state index contributed by atoms with van der Waals surface area (Å²) in [6, 6.07) is 4.47.